The van der Waals surface area contributed by atoms with Crippen LogP contribution < -0.4 is 21.5 Å². The molecule has 1 amide bonds. The first-order valence-corrected chi connectivity index (χ1v) is 7.44. The van der Waals surface area contributed by atoms with Crippen molar-refractivity contribution in [2.75, 3.05) is 5.32 Å². The first-order valence-electron chi connectivity index (χ1n) is 7.44. The van der Waals surface area contributed by atoms with Gasteiger partial charge in [0.1, 0.15) is 11.4 Å². The molecule has 6 nitrogen and oxygen atoms in total. The highest BCUT2D eigenvalue weighted by molar-refractivity contribution is 5.67. The Morgan fingerprint density at radius 2 is 1.88 bits per heavy atom. The molecule has 0 aromatic heterocycles. The van der Waals surface area contributed by atoms with Gasteiger partial charge in [-0.1, -0.05) is 6.07 Å². The number of hydrogen-bond donors (Lipinski definition) is 2. The highest BCUT2D eigenvalue weighted by atomic mass is 19.1. The summed E-state index contributed by atoms with van der Waals surface area (Å²) in [7, 11) is 0. The topological polar surface area (TPSA) is 84.5 Å². The predicted molar refractivity (Wildman–Crippen MR) is 88.2 cm³/mol. The molecule has 0 spiro atoms. The molecule has 0 atom stereocenters. The minimum Gasteiger partial charge on any atom is -0.444 e. The van der Waals surface area contributed by atoms with Crippen LogP contribution in [-0.2, 0) is 17.8 Å². The van der Waals surface area contributed by atoms with Gasteiger partial charge in [-0.3, -0.25) is 9.59 Å². The zero-order chi connectivity index (χ0) is 17.9. The van der Waals surface area contributed by atoms with Crippen LogP contribution >= 0.6 is 0 Å². The lowest BCUT2D eigenvalue weighted by Gasteiger charge is -2.19. The molecule has 2 aromatic rings. The number of carbonyl (C=O) groups is 1. The summed E-state index contributed by atoms with van der Waals surface area (Å²) < 4.78 is 18.9. The average Bonchev–Trinajstić information content (AvgIpc) is 2.49. The van der Waals surface area contributed by atoms with Gasteiger partial charge in [-0.05, 0) is 38.5 Å². The smallest absolute Gasteiger partial charge is 0.407 e. The van der Waals surface area contributed by atoms with Crippen LogP contribution in [0, 0.1) is 5.82 Å². The van der Waals surface area contributed by atoms with Crippen LogP contribution in [0.2, 0.25) is 0 Å². The molecule has 2 aromatic carbocycles. The zero-order valence-electron chi connectivity index (χ0n) is 13.7. The molecule has 0 aliphatic carbocycles. The molecule has 0 bridgehead atoms. The molecule has 7 heteroatoms. The summed E-state index contributed by atoms with van der Waals surface area (Å²) in [5.74, 6) is -0.442. The van der Waals surface area contributed by atoms with E-state index in [0.29, 0.717) is 11.1 Å². The Morgan fingerprint density at radius 3 is 2.46 bits per heavy atom. The van der Waals surface area contributed by atoms with Crippen LogP contribution in [0.4, 0.5) is 14.9 Å². The van der Waals surface area contributed by atoms with Gasteiger partial charge in [-0.25, -0.2) is 9.18 Å². The minimum atomic E-state index is -0.599. The van der Waals surface area contributed by atoms with Gasteiger partial charge in [0.25, 0.3) is 0 Å². The highest BCUT2D eigenvalue weighted by Gasteiger charge is 2.16. The molecule has 0 saturated carbocycles. The van der Waals surface area contributed by atoms with E-state index in [4.69, 9.17) is 4.74 Å². The van der Waals surface area contributed by atoms with Crippen molar-refractivity contribution in [3.05, 3.63) is 61.7 Å². The Labute approximate surface area is 138 Å². The Kier molecular flexibility index (Phi) is 5.02. The summed E-state index contributed by atoms with van der Waals surface area (Å²) in [6.45, 7) is 5.53. The van der Waals surface area contributed by atoms with Crippen LogP contribution in [-0.4, -0.2) is 11.7 Å². The van der Waals surface area contributed by atoms with E-state index in [1.807, 2.05) is 0 Å². The lowest BCUT2D eigenvalue weighted by molar-refractivity contribution is 0.0523. The van der Waals surface area contributed by atoms with Crippen molar-refractivity contribution in [1.82, 2.24) is 5.32 Å². The minimum absolute atomic E-state index is 0.0664. The summed E-state index contributed by atoms with van der Waals surface area (Å²) in [4.78, 5) is 33.6. The molecule has 0 aliphatic heterocycles. The van der Waals surface area contributed by atoms with E-state index in [9.17, 15) is 18.8 Å². The van der Waals surface area contributed by atoms with Crippen molar-refractivity contribution in [2.24, 2.45) is 0 Å². The number of benzene rings is 1. The Balaban J connectivity index is 1.95. The maximum Gasteiger partial charge on any atom is 0.407 e. The SMILES string of the molecule is CC(C)(C)OC(=O)NCc1ccc(F)c(CNc2cc(=O)c2=O)c1. The number of amides is 1. The predicted octanol–water partition coefficient (Wildman–Crippen LogP) is 2.06. The molecule has 0 unspecified atom stereocenters. The first-order chi connectivity index (χ1) is 11.2. The standard InChI is InChI=1S/C17H19FN2O4/c1-17(2,3)24-16(23)20-8-10-4-5-12(18)11(6-10)9-19-13-7-14(21)15(13)22/h4-7,19H,8-9H2,1-3H3,(H,20,23). The fourth-order valence-corrected chi connectivity index (χ4v) is 2.00. The van der Waals surface area contributed by atoms with Crippen LogP contribution in [0.5, 0.6) is 0 Å². The molecular formula is C17H19FN2O4. The summed E-state index contributed by atoms with van der Waals surface area (Å²) in [6, 6.07) is 5.58. The second kappa shape index (κ2) is 6.82. The summed E-state index contributed by atoms with van der Waals surface area (Å²) in [6.07, 6.45) is -0.560. The van der Waals surface area contributed by atoms with E-state index in [0.717, 1.165) is 0 Å². The number of alkyl carbamates (subject to hydrolysis) is 1. The highest BCUT2D eigenvalue weighted by Crippen LogP contribution is 2.13. The molecule has 0 heterocycles. The maximum absolute atomic E-state index is 13.8. The quantitative estimate of drug-likeness (QED) is 0.818. The Bertz CT molecular complexity index is 817. The number of carbonyl (C=O) groups excluding carboxylic acids is 1. The molecule has 0 fully saturated rings. The van der Waals surface area contributed by atoms with Crippen molar-refractivity contribution in [3.63, 3.8) is 0 Å². The van der Waals surface area contributed by atoms with E-state index < -0.39 is 28.4 Å². The average molecular weight is 334 g/mol. The number of rotatable bonds is 5. The lowest BCUT2D eigenvalue weighted by Crippen LogP contribution is -2.32. The van der Waals surface area contributed by atoms with Gasteiger partial charge in [-0.15, -0.1) is 0 Å². The molecular weight excluding hydrogens is 315 g/mol. The van der Waals surface area contributed by atoms with Crippen molar-refractivity contribution in [3.8, 4) is 0 Å². The van der Waals surface area contributed by atoms with Gasteiger partial charge in [0.15, 0.2) is 0 Å². The number of halogens is 1. The second-order valence-electron chi connectivity index (χ2n) is 6.39. The fraction of sp³-hybridized carbons (Fsp3) is 0.353. The van der Waals surface area contributed by atoms with Gasteiger partial charge >= 0.3 is 6.09 Å². The van der Waals surface area contributed by atoms with Gasteiger partial charge in [0.05, 0.1) is 5.69 Å². The van der Waals surface area contributed by atoms with Gasteiger partial charge in [0, 0.05) is 24.7 Å². The Hall–Kier alpha value is -2.70. The third-order valence-electron chi connectivity index (χ3n) is 3.16. The lowest BCUT2D eigenvalue weighted by atomic mass is 10.1. The molecule has 0 aliphatic rings. The van der Waals surface area contributed by atoms with E-state index in [-0.39, 0.29) is 18.8 Å². The van der Waals surface area contributed by atoms with Crippen LogP contribution in [0.25, 0.3) is 0 Å². The third kappa shape index (κ3) is 4.65. The monoisotopic (exact) mass is 334 g/mol. The fourth-order valence-electron chi connectivity index (χ4n) is 2.00. The van der Waals surface area contributed by atoms with Crippen molar-refractivity contribution >= 4 is 11.8 Å². The van der Waals surface area contributed by atoms with Crippen molar-refractivity contribution in [2.45, 2.75) is 39.5 Å². The third-order valence-corrected chi connectivity index (χ3v) is 3.16. The number of ether oxygens (including phenoxy) is 1. The molecule has 2 N–H and O–H groups in total. The molecule has 2 rings (SSSR count). The Morgan fingerprint density at radius 1 is 1.17 bits per heavy atom. The van der Waals surface area contributed by atoms with E-state index >= 15 is 0 Å². The molecule has 0 saturated heterocycles. The van der Waals surface area contributed by atoms with Crippen LogP contribution in [0.1, 0.15) is 31.9 Å². The van der Waals surface area contributed by atoms with E-state index in [2.05, 4.69) is 10.6 Å². The number of nitrogens with one attached hydrogen (secondary N) is 2. The second-order valence-corrected chi connectivity index (χ2v) is 6.39. The van der Waals surface area contributed by atoms with Gasteiger partial charge in [-0.2, -0.15) is 0 Å². The normalized spacial score (nSPS) is 11.3. The molecule has 24 heavy (non-hydrogen) atoms. The summed E-state index contributed by atoms with van der Waals surface area (Å²) in [5, 5.41) is 5.31. The first kappa shape index (κ1) is 17.7. The zero-order valence-corrected chi connectivity index (χ0v) is 13.7. The van der Waals surface area contributed by atoms with E-state index in [1.165, 1.54) is 12.1 Å². The molecule has 128 valence electrons. The summed E-state index contributed by atoms with van der Waals surface area (Å²) in [5.41, 5.74) is -0.568. The number of hydrogen-bond acceptors (Lipinski definition) is 5. The van der Waals surface area contributed by atoms with Gasteiger partial charge in [0.2, 0.25) is 10.9 Å². The van der Waals surface area contributed by atoms with Crippen LogP contribution in [0.3, 0.4) is 0 Å². The van der Waals surface area contributed by atoms with Crippen molar-refractivity contribution in [1.29, 1.82) is 0 Å². The largest absolute Gasteiger partial charge is 0.444 e. The van der Waals surface area contributed by atoms with Crippen LogP contribution in [0.15, 0.2) is 33.9 Å². The van der Waals surface area contributed by atoms with Gasteiger partial charge < -0.3 is 15.4 Å². The van der Waals surface area contributed by atoms with E-state index in [1.54, 1.807) is 32.9 Å². The number of anilines is 1. The van der Waals surface area contributed by atoms with Crippen molar-refractivity contribution < 1.29 is 13.9 Å². The maximum atomic E-state index is 13.8. The summed E-state index contributed by atoms with van der Waals surface area (Å²) >= 11 is 0. The molecule has 0 radical (unpaired) electrons.